The van der Waals surface area contributed by atoms with E-state index in [1.165, 1.54) is 12.1 Å². The maximum atomic E-state index is 11.0. The number of rotatable bonds is 6. The first kappa shape index (κ1) is 15.1. The van der Waals surface area contributed by atoms with Crippen LogP contribution in [0.15, 0.2) is 36.5 Å². The van der Waals surface area contributed by atoms with Gasteiger partial charge < -0.3 is 10.1 Å². The van der Waals surface area contributed by atoms with Crippen LogP contribution in [0.25, 0.3) is 0 Å². The summed E-state index contributed by atoms with van der Waals surface area (Å²) in [5, 5.41) is 14.5. The van der Waals surface area contributed by atoms with Gasteiger partial charge in [0, 0.05) is 23.7 Å². The molecule has 0 saturated heterocycles. The van der Waals surface area contributed by atoms with E-state index >= 15 is 0 Å². The van der Waals surface area contributed by atoms with E-state index in [2.05, 4.69) is 10.3 Å². The highest BCUT2D eigenvalue weighted by Gasteiger charge is 2.13. The molecule has 0 atom stereocenters. The van der Waals surface area contributed by atoms with Crippen molar-refractivity contribution < 1.29 is 9.66 Å². The number of nitro groups is 1. The SMILES string of the molecule is CCOc1ccc(NCc2cc(Cl)ccc2[N+](=O)[O-])cn1. The lowest BCUT2D eigenvalue weighted by Gasteiger charge is -2.08. The number of ether oxygens (including phenoxy) is 1. The van der Waals surface area contributed by atoms with Crippen molar-refractivity contribution in [2.45, 2.75) is 13.5 Å². The van der Waals surface area contributed by atoms with Gasteiger partial charge in [-0.25, -0.2) is 4.98 Å². The number of nitro benzene ring substituents is 1. The monoisotopic (exact) mass is 307 g/mol. The minimum Gasteiger partial charge on any atom is -0.478 e. The molecule has 7 heteroatoms. The van der Waals surface area contributed by atoms with Gasteiger partial charge in [0.2, 0.25) is 5.88 Å². The van der Waals surface area contributed by atoms with E-state index in [-0.39, 0.29) is 12.2 Å². The number of pyridine rings is 1. The van der Waals surface area contributed by atoms with E-state index in [1.54, 1.807) is 24.4 Å². The minimum atomic E-state index is -0.427. The van der Waals surface area contributed by atoms with Gasteiger partial charge in [-0.15, -0.1) is 0 Å². The Kier molecular flexibility index (Phi) is 4.94. The molecule has 110 valence electrons. The summed E-state index contributed by atoms with van der Waals surface area (Å²) in [6.07, 6.45) is 1.61. The van der Waals surface area contributed by atoms with Crippen LogP contribution in [0.2, 0.25) is 5.02 Å². The Morgan fingerprint density at radius 3 is 2.81 bits per heavy atom. The zero-order chi connectivity index (χ0) is 15.2. The summed E-state index contributed by atoms with van der Waals surface area (Å²) in [5.41, 5.74) is 1.29. The number of aromatic nitrogens is 1. The molecule has 1 heterocycles. The van der Waals surface area contributed by atoms with Crippen molar-refractivity contribution in [2.75, 3.05) is 11.9 Å². The van der Waals surface area contributed by atoms with Gasteiger partial charge in [0.25, 0.3) is 5.69 Å². The fourth-order valence-corrected chi connectivity index (χ4v) is 1.98. The van der Waals surface area contributed by atoms with Crippen molar-refractivity contribution in [3.05, 3.63) is 57.2 Å². The summed E-state index contributed by atoms with van der Waals surface area (Å²) in [5.74, 6) is 0.539. The van der Waals surface area contributed by atoms with Crippen LogP contribution in [0.3, 0.4) is 0 Å². The molecule has 0 unspecified atom stereocenters. The minimum absolute atomic E-state index is 0.0331. The second kappa shape index (κ2) is 6.90. The third-order valence-electron chi connectivity index (χ3n) is 2.75. The van der Waals surface area contributed by atoms with Crippen molar-refractivity contribution in [3.63, 3.8) is 0 Å². The molecule has 1 aromatic heterocycles. The molecule has 0 amide bonds. The summed E-state index contributed by atoms with van der Waals surface area (Å²) < 4.78 is 5.24. The lowest BCUT2D eigenvalue weighted by Crippen LogP contribution is -2.03. The summed E-state index contributed by atoms with van der Waals surface area (Å²) in [7, 11) is 0. The Balaban J connectivity index is 2.08. The molecule has 0 aliphatic carbocycles. The molecule has 0 aliphatic rings. The third kappa shape index (κ3) is 4.06. The highest BCUT2D eigenvalue weighted by Crippen LogP contribution is 2.23. The zero-order valence-electron chi connectivity index (χ0n) is 11.4. The number of nitrogens with zero attached hydrogens (tertiary/aromatic N) is 2. The van der Waals surface area contributed by atoms with Gasteiger partial charge in [-0.1, -0.05) is 11.6 Å². The zero-order valence-corrected chi connectivity index (χ0v) is 12.1. The molecule has 1 aromatic carbocycles. The van der Waals surface area contributed by atoms with Crippen LogP contribution in [0.5, 0.6) is 5.88 Å². The van der Waals surface area contributed by atoms with E-state index in [0.717, 1.165) is 5.69 Å². The normalized spacial score (nSPS) is 10.2. The fourth-order valence-electron chi connectivity index (χ4n) is 1.79. The van der Waals surface area contributed by atoms with Gasteiger partial charge in [0.05, 0.1) is 29.0 Å². The van der Waals surface area contributed by atoms with Crippen LogP contribution in [0.4, 0.5) is 11.4 Å². The van der Waals surface area contributed by atoms with Crippen molar-refractivity contribution in [1.82, 2.24) is 4.98 Å². The molecule has 0 saturated carbocycles. The van der Waals surface area contributed by atoms with E-state index in [9.17, 15) is 10.1 Å². The average molecular weight is 308 g/mol. The Labute approximate surface area is 126 Å². The second-order valence-corrected chi connectivity index (χ2v) is 4.64. The van der Waals surface area contributed by atoms with Crippen LogP contribution in [-0.2, 0) is 6.54 Å². The summed E-state index contributed by atoms with van der Waals surface area (Å²) in [6.45, 7) is 2.72. The Bertz CT molecular complexity index is 632. The van der Waals surface area contributed by atoms with Crippen molar-refractivity contribution in [1.29, 1.82) is 0 Å². The van der Waals surface area contributed by atoms with Crippen LogP contribution in [0.1, 0.15) is 12.5 Å². The van der Waals surface area contributed by atoms with Crippen molar-refractivity contribution in [3.8, 4) is 5.88 Å². The molecule has 0 radical (unpaired) electrons. The summed E-state index contributed by atoms with van der Waals surface area (Å²) >= 11 is 5.88. The van der Waals surface area contributed by atoms with Gasteiger partial charge in [0.1, 0.15) is 0 Å². The number of hydrogen-bond donors (Lipinski definition) is 1. The molecule has 0 fully saturated rings. The fraction of sp³-hybridized carbons (Fsp3) is 0.214. The first-order valence-electron chi connectivity index (χ1n) is 6.35. The van der Waals surface area contributed by atoms with Crippen molar-refractivity contribution >= 4 is 23.0 Å². The Morgan fingerprint density at radius 2 is 2.19 bits per heavy atom. The van der Waals surface area contributed by atoms with Gasteiger partial charge in [-0.2, -0.15) is 0 Å². The predicted octanol–water partition coefficient (Wildman–Crippen LogP) is 3.65. The van der Waals surface area contributed by atoms with Gasteiger partial charge in [-0.05, 0) is 25.1 Å². The van der Waals surface area contributed by atoms with Crippen LogP contribution < -0.4 is 10.1 Å². The highest BCUT2D eigenvalue weighted by atomic mass is 35.5. The molecule has 21 heavy (non-hydrogen) atoms. The standard InChI is InChI=1S/C14H14ClN3O3/c1-2-21-14-6-4-12(9-17-14)16-8-10-7-11(15)3-5-13(10)18(19)20/h3-7,9,16H,2,8H2,1H3. The maximum Gasteiger partial charge on any atom is 0.274 e. The van der Waals surface area contributed by atoms with E-state index in [1.807, 2.05) is 6.92 Å². The average Bonchev–Trinajstić information content (AvgIpc) is 2.46. The second-order valence-electron chi connectivity index (χ2n) is 4.20. The lowest BCUT2D eigenvalue weighted by atomic mass is 10.2. The Morgan fingerprint density at radius 1 is 1.38 bits per heavy atom. The number of benzene rings is 1. The van der Waals surface area contributed by atoms with E-state index < -0.39 is 4.92 Å². The van der Waals surface area contributed by atoms with E-state index in [0.29, 0.717) is 23.1 Å². The van der Waals surface area contributed by atoms with Crippen LogP contribution >= 0.6 is 11.6 Å². The Hall–Kier alpha value is -2.34. The number of halogens is 1. The molecule has 0 aliphatic heterocycles. The van der Waals surface area contributed by atoms with Crippen LogP contribution in [-0.4, -0.2) is 16.5 Å². The summed E-state index contributed by atoms with van der Waals surface area (Å²) in [4.78, 5) is 14.7. The van der Waals surface area contributed by atoms with Gasteiger partial charge in [0.15, 0.2) is 0 Å². The quantitative estimate of drug-likeness (QED) is 0.651. The van der Waals surface area contributed by atoms with Gasteiger partial charge in [-0.3, -0.25) is 10.1 Å². The predicted molar refractivity (Wildman–Crippen MR) is 80.8 cm³/mol. The first-order chi connectivity index (χ1) is 10.1. The molecular weight excluding hydrogens is 294 g/mol. The number of nitrogens with one attached hydrogen (secondary N) is 1. The molecule has 6 nitrogen and oxygen atoms in total. The van der Waals surface area contributed by atoms with E-state index in [4.69, 9.17) is 16.3 Å². The molecular formula is C14H14ClN3O3. The smallest absolute Gasteiger partial charge is 0.274 e. The number of anilines is 1. The van der Waals surface area contributed by atoms with Crippen molar-refractivity contribution in [2.24, 2.45) is 0 Å². The van der Waals surface area contributed by atoms with Crippen LogP contribution in [0, 0.1) is 10.1 Å². The highest BCUT2D eigenvalue weighted by molar-refractivity contribution is 6.30. The number of hydrogen-bond acceptors (Lipinski definition) is 5. The molecule has 0 spiro atoms. The summed E-state index contributed by atoms with van der Waals surface area (Å²) in [6, 6.07) is 8.01. The largest absolute Gasteiger partial charge is 0.478 e. The lowest BCUT2D eigenvalue weighted by molar-refractivity contribution is -0.385. The maximum absolute atomic E-state index is 11.0. The molecule has 2 rings (SSSR count). The molecule has 0 bridgehead atoms. The van der Waals surface area contributed by atoms with Gasteiger partial charge >= 0.3 is 0 Å². The molecule has 1 N–H and O–H groups in total. The molecule has 2 aromatic rings. The topological polar surface area (TPSA) is 77.3 Å². The first-order valence-corrected chi connectivity index (χ1v) is 6.73. The third-order valence-corrected chi connectivity index (χ3v) is 2.98.